The van der Waals surface area contributed by atoms with E-state index in [0.717, 1.165) is 11.1 Å². The molecule has 3 aromatic rings. The standard InChI is InChI=1S/C21H17Br.H3P/c1-17(18-11-5-2-6-12-18)21(22,19-13-7-3-8-14-19)20-15-9-4-10-16-20;/h2-16H,1H2;1H3. The highest BCUT2D eigenvalue weighted by atomic mass is 79.9. The Labute approximate surface area is 150 Å². The van der Waals surface area contributed by atoms with Crippen molar-refractivity contribution in [2.45, 2.75) is 4.32 Å². The van der Waals surface area contributed by atoms with Gasteiger partial charge in [-0.15, -0.1) is 0 Å². The molecule has 0 nitrogen and oxygen atoms in total. The van der Waals surface area contributed by atoms with Crippen molar-refractivity contribution in [3.05, 3.63) is 114 Å². The molecule has 0 aromatic heterocycles. The molecule has 0 aliphatic rings. The minimum absolute atomic E-state index is 0. The minimum atomic E-state index is -0.434. The Balaban J connectivity index is 0.00000192. The number of hydrogen-bond acceptors (Lipinski definition) is 0. The second-order valence-electron chi connectivity index (χ2n) is 5.24. The van der Waals surface area contributed by atoms with Crippen molar-refractivity contribution < 1.29 is 0 Å². The molecule has 0 spiro atoms. The highest BCUT2D eigenvalue weighted by Gasteiger charge is 2.34. The third-order valence-corrected chi connectivity index (χ3v) is 5.28. The van der Waals surface area contributed by atoms with E-state index in [1.807, 2.05) is 30.3 Å². The van der Waals surface area contributed by atoms with Gasteiger partial charge in [0, 0.05) is 0 Å². The maximum Gasteiger partial charge on any atom is 0.100 e. The molecule has 3 aromatic carbocycles. The molecule has 23 heavy (non-hydrogen) atoms. The Bertz CT molecular complexity index is 712. The molecule has 1 atom stereocenters. The summed E-state index contributed by atoms with van der Waals surface area (Å²) in [6.45, 7) is 4.40. The van der Waals surface area contributed by atoms with E-state index in [1.165, 1.54) is 11.1 Å². The molecule has 116 valence electrons. The molecule has 0 amide bonds. The van der Waals surface area contributed by atoms with Crippen molar-refractivity contribution in [3.8, 4) is 0 Å². The van der Waals surface area contributed by atoms with Gasteiger partial charge in [0.2, 0.25) is 0 Å². The normalized spacial score (nSPS) is 10.7. The van der Waals surface area contributed by atoms with Crippen molar-refractivity contribution >= 4 is 31.4 Å². The second kappa shape index (κ2) is 7.73. The number of hydrogen-bond donors (Lipinski definition) is 0. The smallest absolute Gasteiger partial charge is 0.100 e. The van der Waals surface area contributed by atoms with Crippen LogP contribution >= 0.6 is 25.8 Å². The van der Waals surface area contributed by atoms with Gasteiger partial charge in [-0.1, -0.05) is 114 Å². The van der Waals surface area contributed by atoms with Gasteiger partial charge in [-0.05, 0) is 22.3 Å². The molecule has 1 unspecified atom stereocenters. The predicted molar refractivity (Wildman–Crippen MR) is 109 cm³/mol. The van der Waals surface area contributed by atoms with Crippen LogP contribution in [0.4, 0.5) is 0 Å². The Hall–Kier alpha value is -1.69. The summed E-state index contributed by atoms with van der Waals surface area (Å²) in [5.74, 6) is 0. The summed E-state index contributed by atoms with van der Waals surface area (Å²) in [6.07, 6.45) is 0. The van der Waals surface area contributed by atoms with Crippen LogP contribution in [0.2, 0.25) is 0 Å². The minimum Gasteiger partial charge on any atom is -0.153 e. The van der Waals surface area contributed by atoms with Gasteiger partial charge < -0.3 is 0 Å². The van der Waals surface area contributed by atoms with Crippen LogP contribution in [0.1, 0.15) is 16.7 Å². The van der Waals surface area contributed by atoms with Gasteiger partial charge in [0.1, 0.15) is 4.32 Å². The predicted octanol–water partition coefficient (Wildman–Crippen LogP) is 6.10. The zero-order chi connectivity index (χ0) is 15.4. The van der Waals surface area contributed by atoms with E-state index >= 15 is 0 Å². The van der Waals surface area contributed by atoms with Crippen LogP contribution in [0.3, 0.4) is 0 Å². The van der Waals surface area contributed by atoms with Crippen LogP contribution in [0.15, 0.2) is 97.6 Å². The molecular weight excluding hydrogens is 363 g/mol. The van der Waals surface area contributed by atoms with Crippen LogP contribution in [0, 0.1) is 0 Å². The van der Waals surface area contributed by atoms with Crippen molar-refractivity contribution in [2.24, 2.45) is 0 Å². The van der Waals surface area contributed by atoms with E-state index in [0.29, 0.717) is 0 Å². The Morgan fingerprint density at radius 2 is 1.00 bits per heavy atom. The molecule has 0 saturated heterocycles. The Morgan fingerprint density at radius 1 is 0.652 bits per heavy atom. The zero-order valence-corrected chi connectivity index (χ0v) is 16.0. The van der Waals surface area contributed by atoms with E-state index in [1.54, 1.807) is 0 Å². The van der Waals surface area contributed by atoms with Crippen molar-refractivity contribution in [1.82, 2.24) is 0 Å². The fraction of sp³-hybridized carbons (Fsp3) is 0.0476. The van der Waals surface area contributed by atoms with Crippen LogP contribution < -0.4 is 0 Å². The number of halogens is 1. The van der Waals surface area contributed by atoms with Gasteiger partial charge in [0.25, 0.3) is 0 Å². The van der Waals surface area contributed by atoms with Gasteiger partial charge in [-0.25, -0.2) is 0 Å². The third kappa shape index (κ3) is 3.47. The van der Waals surface area contributed by atoms with Crippen LogP contribution in [0.5, 0.6) is 0 Å². The molecule has 0 saturated carbocycles. The van der Waals surface area contributed by atoms with Gasteiger partial charge in [-0.3, -0.25) is 0 Å². The van der Waals surface area contributed by atoms with Gasteiger partial charge in [-0.2, -0.15) is 9.90 Å². The summed E-state index contributed by atoms with van der Waals surface area (Å²) in [6, 6.07) is 31.2. The van der Waals surface area contributed by atoms with E-state index in [4.69, 9.17) is 0 Å². The van der Waals surface area contributed by atoms with E-state index in [9.17, 15) is 0 Å². The average Bonchev–Trinajstić information content (AvgIpc) is 2.62. The molecule has 0 aliphatic heterocycles. The highest BCUT2D eigenvalue weighted by Crippen LogP contribution is 2.48. The first kappa shape index (κ1) is 17.7. The molecule has 0 aliphatic carbocycles. The molecule has 0 fully saturated rings. The van der Waals surface area contributed by atoms with Gasteiger partial charge in [0.05, 0.1) is 0 Å². The summed E-state index contributed by atoms with van der Waals surface area (Å²) in [7, 11) is 0. The largest absolute Gasteiger partial charge is 0.153 e. The van der Waals surface area contributed by atoms with Crippen LogP contribution in [-0.4, -0.2) is 0 Å². The summed E-state index contributed by atoms with van der Waals surface area (Å²) >= 11 is 4.00. The lowest BCUT2D eigenvalue weighted by Crippen LogP contribution is -2.21. The summed E-state index contributed by atoms with van der Waals surface area (Å²) in [5, 5.41) is 0. The maximum absolute atomic E-state index is 4.40. The SMILES string of the molecule is C=C(c1ccccc1)C(Br)(c1ccccc1)c1ccccc1.P. The lowest BCUT2D eigenvalue weighted by atomic mass is 9.82. The van der Waals surface area contributed by atoms with E-state index in [2.05, 4.69) is 83.2 Å². The summed E-state index contributed by atoms with van der Waals surface area (Å²) in [4.78, 5) is 0. The molecule has 3 rings (SSSR count). The molecule has 2 heteroatoms. The summed E-state index contributed by atoms with van der Waals surface area (Å²) < 4.78 is -0.434. The average molecular weight is 383 g/mol. The van der Waals surface area contributed by atoms with E-state index < -0.39 is 4.32 Å². The summed E-state index contributed by atoms with van der Waals surface area (Å²) in [5.41, 5.74) is 4.52. The van der Waals surface area contributed by atoms with Gasteiger partial charge >= 0.3 is 0 Å². The molecule has 0 radical (unpaired) electrons. The molecule has 0 bridgehead atoms. The first-order chi connectivity index (χ1) is 10.7. The fourth-order valence-corrected chi connectivity index (χ4v) is 3.45. The zero-order valence-electron chi connectivity index (χ0n) is 13.0. The fourth-order valence-electron chi connectivity index (χ4n) is 2.69. The number of benzene rings is 3. The lowest BCUT2D eigenvalue weighted by Gasteiger charge is -2.31. The lowest BCUT2D eigenvalue weighted by molar-refractivity contribution is 0.986. The first-order valence-electron chi connectivity index (χ1n) is 7.27. The Kier molecular flexibility index (Phi) is 5.93. The van der Waals surface area contributed by atoms with Crippen molar-refractivity contribution in [2.75, 3.05) is 0 Å². The van der Waals surface area contributed by atoms with Crippen LogP contribution in [0.25, 0.3) is 5.57 Å². The molecule has 0 N–H and O–H groups in total. The topological polar surface area (TPSA) is 0 Å². The molecule has 0 heterocycles. The second-order valence-corrected chi connectivity index (χ2v) is 6.42. The maximum atomic E-state index is 4.40. The first-order valence-corrected chi connectivity index (χ1v) is 8.07. The monoisotopic (exact) mass is 382 g/mol. The van der Waals surface area contributed by atoms with Crippen LogP contribution in [-0.2, 0) is 4.32 Å². The third-order valence-electron chi connectivity index (χ3n) is 3.88. The van der Waals surface area contributed by atoms with Gasteiger partial charge in [0.15, 0.2) is 0 Å². The van der Waals surface area contributed by atoms with E-state index in [-0.39, 0.29) is 9.90 Å². The number of allylic oxidation sites excluding steroid dienone is 1. The number of alkyl halides is 1. The number of rotatable bonds is 4. The van der Waals surface area contributed by atoms with Crippen molar-refractivity contribution in [1.29, 1.82) is 0 Å². The van der Waals surface area contributed by atoms with Crippen molar-refractivity contribution in [3.63, 3.8) is 0 Å². The highest BCUT2D eigenvalue weighted by molar-refractivity contribution is 9.10. The quantitative estimate of drug-likeness (QED) is 0.377. The molecular formula is C21H20BrP. The Morgan fingerprint density at radius 3 is 1.39 bits per heavy atom.